The van der Waals surface area contributed by atoms with Crippen molar-refractivity contribution < 1.29 is 48.7 Å². The third-order valence-electron chi connectivity index (χ3n) is 10.1. The van der Waals surface area contributed by atoms with Gasteiger partial charge in [0.25, 0.3) is 11.8 Å². The van der Waals surface area contributed by atoms with Crippen LogP contribution >= 0.6 is 0 Å². The lowest BCUT2D eigenvalue weighted by molar-refractivity contribution is -0.139. The summed E-state index contributed by atoms with van der Waals surface area (Å²) < 4.78 is 0. The van der Waals surface area contributed by atoms with Crippen LogP contribution in [0, 0.1) is 0 Å². The summed E-state index contributed by atoms with van der Waals surface area (Å²) in [7, 11) is -1.86. The second kappa shape index (κ2) is 24.6. The number of carbonyl (C=O) groups excluding carboxylic acids is 7. The number of likely N-dealkylation sites (tertiary alicyclic amines) is 1. The van der Waals surface area contributed by atoms with Gasteiger partial charge in [-0.2, -0.15) is 0 Å². The number of primary amides is 1. The molecule has 0 aliphatic carbocycles. The molecule has 1 fully saturated rings. The van der Waals surface area contributed by atoms with Gasteiger partial charge in [-0.15, -0.1) is 0 Å². The van der Waals surface area contributed by atoms with E-state index in [0.29, 0.717) is 31.4 Å². The van der Waals surface area contributed by atoms with Gasteiger partial charge in [0.15, 0.2) is 6.17 Å². The van der Waals surface area contributed by atoms with Gasteiger partial charge in [0.2, 0.25) is 29.5 Å². The molecular weight excluding hydrogens is 777 g/mol. The maximum absolute atomic E-state index is 13.4. The average Bonchev–Trinajstić information content (AvgIpc) is 3.72. The monoisotopic (exact) mass is 837 g/mol. The number of aryl methyl sites for hydroxylation is 1. The van der Waals surface area contributed by atoms with Crippen molar-refractivity contribution in [2.24, 2.45) is 17.2 Å². The van der Waals surface area contributed by atoms with Crippen molar-refractivity contribution in [1.29, 1.82) is 0 Å². The van der Waals surface area contributed by atoms with Crippen molar-refractivity contribution in [1.82, 2.24) is 31.5 Å². The van der Waals surface area contributed by atoms with Gasteiger partial charge in [-0.25, -0.2) is 0 Å². The number of rotatable bonds is 24. The van der Waals surface area contributed by atoms with Gasteiger partial charge in [0, 0.05) is 25.1 Å². The van der Waals surface area contributed by atoms with Crippen molar-refractivity contribution in [3.05, 3.63) is 59.7 Å². The Kier molecular flexibility index (Phi) is 20.1. The summed E-state index contributed by atoms with van der Waals surface area (Å²) in [5.74, 6) is -6.78. The van der Waals surface area contributed by atoms with Crippen LogP contribution in [0.2, 0.25) is 0 Å². The summed E-state index contributed by atoms with van der Waals surface area (Å²) in [6.07, 6.45) is 0.817. The van der Waals surface area contributed by atoms with Crippen LogP contribution in [0.5, 0.6) is 0 Å². The third-order valence-corrected chi connectivity index (χ3v) is 10.1. The average molecular weight is 838 g/mol. The minimum Gasteiger partial charge on any atom is -0.426 e. The fraction of sp³-hybridized carbons (Fsp3) is 0.525. The Morgan fingerprint density at radius 2 is 1.50 bits per heavy atom. The first kappa shape index (κ1) is 49.0. The lowest BCUT2D eigenvalue weighted by Crippen LogP contribution is -2.63. The van der Waals surface area contributed by atoms with Crippen LogP contribution < -0.4 is 43.8 Å². The second-order valence-corrected chi connectivity index (χ2v) is 14.9. The quantitative estimate of drug-likeness (QED) is 0.0313. The molecule has 14 N–H and O–H groups in total. The van der Waals surface area contributed by atoms with Crippen molar-refractivity contribution in [2.45, 2.75) is 114 Å². The first-order valence-electron chi connectivity index (χ1n) is 20.3. The summed E-state index contributed by atoms with van der Waals surface area (Å²) >= 11 is 0. The number of hydrogen-bond acceptors (Lipinski definition) is 12. The molecule has 20 heteroatoms. The maximum Gasteiger partial charge on any atom is 0.475 e. The number of carbonyl (C=O) groups is 7. The molecule has 1 aliphatic heterocycles. The molecular formula is C40H60BN9O10. The van der Waals surface area contributed by atoms with Crippen LogP contribution in [0.25, 0.3) is 11.1 Å². The standard InChI is InChI=1S/C40H60BN9O10/c1-3-4-8-25-11-13-26(14-12-25)27-15-17-28(18-16-27)36(54)45-21-19-33(53)46-29(9-5-6-20-42)37(55)48-34(24(2)51)38(56)49-35(44)39(57)47-30(23-32(43)52)40(58)50-22-7-10-31(50)41(59)60/h11-18,24,29-31,34-35,51,59-60H,3-10,19-23,42,44H2,1-2H3,(H2,43,52)(H,45,54)(H,46,53)(H,47,57)(H,48,55)(H,49,56)/t24?,29-,30-,31-,34-,35+/m0/s1. The fourth-order valence-electron chi connectivity index (χ4n) is 6.69. The Hall–Kier alpha value is -5.41. The smallest absolute Gasteiger partial charge is 0.426 e. The van der Waals surface area contributed by atoms with Crippen LogP contribution in [0.15, 0.2) is 48.5 Å². The van der Waals surface area contributed by atoms with Crippen molar-refractivity contribution in [2.75, 3.05) is 19.6 Å². The minimum atomic E-state index is -1.86. The van der Waals surface area contributed by atoms with E-state index in [9.17, 15) is 48.7 Å². The number of nitrogens with two attached hydrogens (primary N) is 3. The van der Waals surface area contributed by atoms with E-state index in [2.05, 4.69) is 57.8 Å². The van der Waals surface area contributed by atoms with E-state index >= 15 is 0 Å². The first-order valence-corrected chi connectivity index (χ1v) is 20.3. The lowest BCUT2D eigenvalue weighted by Gasteiger charge is -2.29. The number of amides is 7. The Morgan fingerprint density at radius 1 is 0.850 bits per heavy atom. The second-order valence-electron chi connectivity index (χ2n) is 14.9. The molecule has 1 unspecified atom stereocenters. The van der Waals surface area contributed by atoms with Crippen LogP contribution in [-0.2, 0) is 35.2 Å². The molecule has 328 valence electrons. The number of benzene rings is 2. The summed E-state index contributed by atoms with van der Waals surface area (Å²) in [6.45, 7) is 3.74. The normalized spacial score (nSPS) is 16.1. The van der Waals surface area contributed by atoms with E-state index < -0.39 is 91.2 Å². The topological polar surface area (TPSA) is 322 Å². The van der Waals surface area contributed by atoms with Gasteiger partial charge in [0.05, 0.1) is 18.5 Å². The van der Waals surface area contributed by atoms with E-state index in [0.717, 1.165) is 35.3 Å². The Labute approximate surface area is 350 Å². The zero-order valence-corrected chi connectivity index (χ0v) is 34.2. The Bertz CT molecular complexity index is 1760. The summed E-state index contributed by atoms with van der Waals surface area (Å²) in [5.41, 5.74) is 20.4. The van der Waals surface area contributed by atoms with E-state index in [-0.39, 0.29) is 32.4 Å². The van der Waals surface area contributed by atoms with Crippen LogP contribution in [-0.4, -0.2) is 124 Å². The Balaban J connectivity index is 1.56. The molecule has 0 saturated carbocycles. The highest BCUT2D eigenvalue weighted by Crippen LogP contribution is 2.22. The number of aliphatic hydroxyl groups excluding tert-OH is 1. The molecule has 1 aliphatic rings. The highest BCUT2D eigenvalue weighted by molar-refractivity contribution is 6.43. The SMILES string of the molecule is CCCCc1ccc(-c2ccc(C(=O)NCCC(=O)N[C@@H](CCCCN)C(=O)N[C@H](C(=O)N[C@@H](N)C(=O)N[C@@H](CC(N)=O)C(=O)N3CCC[C@H]3B(O)O)C(C)O)cc2)cc1. The van der Waals surface area contributed by atoms with Crippen molar-refractivity contribution in [3.63, 3.8) is 0 Å². The Morgan fingerprint density at radius 3 is 2.08 bits per heavy atom. The van der Waals surface area contributed by atoms with Gasteiger partial charge in [-0.05, 0) is 87.2 Å². The third kappa shape index (κ3) is 15.3. The molecule has 2 aromatic rings. The predicted molar refractivity (Wildman–Crippen MR) is 223 cm³/mol. The van der Waals surface area contributed by atoms with Gasteiger partial charge in [0.1, 0.15) is 18.1 Å². The molecule has 1 saturated heterocycles. The van der Waals surface area contributed by atoms with Gasteiger partial charge >= 0.3 is 7.12 Å². The fourth-order valence-corrected chi connectivity index (χ4v) is 6.69. The molecule has 0 radical (unpaired) electrons. The van der Waals surface area contributed by atoms with Crippen LogP contribution in [0.1, 0.15) is 87.6 Å². The van der Waals surface area contributed by atoms with Gasteiger partial charge < -0.3 is 63.8 Å². The number of hydrogen-bond donors (Lipinski definition) is 11. The van der Waals surface area contributed by atoms with Crippen molar-refractivity contribution in [3.8, 4) is 11.1 Å². The highest BCUT2D eigenvalue weighted by Gasteiger charge is 2.40. The zero-order chi connectivity index (χ0) is 44.4. The largest absolute Gasteiger partial charge is 0.475 e. The maximum atomic E-state index is 13.4. The lowest BCUT2D eigenvalue weighted by atomic mass is 9.77. The van der Waals surface area contributed by atoms with Crippen LogP contribution in [0.3, 0.4) is 0 Å². The van der Waals surface area contributed by atoms with E-state index in [1.54, 1.807) is 12.1 Å². The van der Waals surface area contributed by atoms with E-state index in [4.69, 9.17) is 17.2 Å². The number of nitrogens with zero attached hydrogens (tertiary/aromatic N) is 1. The molecule has 60 heavy (non-hydrogen) atoms. The zero-order valence-electron chi connectivity index (χ0n) is 34.2. The van der Waals surface area contributed by atoms with E-state index in [1.165, 1.54) is 12.5 Å². The molecule has 2 aromatic carbocycles. The minimum absolute atomic E-state index is 0.0463. The molecule has 19 nitrogen and oxygen atoms in total. The van der Waals surface area contributed by atoms with Gasteiger partial charge in [-0.1, -0.05) is 49.7 Å². The predicted octanol–water partition coefficient (Wildman–Crippen LogP) is -1.94. The van der Waals surface area contributed by atoms with Crippen molar-refractivity contribution >= 4 is 48.5 Å². The molecule has 0 spiro atoms. The molecule has 7 amide bonds. The molecule has 0 aromatic heterocycles. The number of unbranched alkanes of at least 4 members (excludes halogenated alkanes) is 2. The van der Waals surface area contributed by atoms with Crippen LogP contribution in [0.4, 0.5) is 0 Å². The summed E-state index contributed by atoms with van der Waals surface area (Å²) in [5, 5.41) is 41.8. The molecule has 0 bridgehead atoms. The van der Waals surface area contributed by atoms with E-state index in [1.807, 2.05) is 12.1 Å². The number of nitrogens with one attached hydrogen (secondary N) is 5. The highest BCUT2D eigenvalue weighted by atomic mass is 16.4. The summed E-state index contributed by atoms with van der Waals surface area (Å²) in [4.78, 5) is 91.5. The first-order chi connectivity index (χ1) is 28.6. The molecule has 3 rings (SSSR count). The molecule has 6 atom stereocenters. The van der Waals surface area contributed by atoms with Gasteiger partial charge in [-0.3, -0.25) is 33.6 Å². The summed E-state index contributed by atoms with van der Waals surface area (Å²) in [6, 6.07) is 11.0. The molecule has 1 heterocycles. The number of aliphatic hydroxyl groups is 1.